The Morgan fingerprint density at radius 2 is 2.25 bits per heavy atom. The normalized spacial score (nSPS) is 33.8. The van der Waals surface area contributed by atoms with Crippen LogP contribution in [0.2, 0.25) is 0 Å². The Morgan fingerprint density at radius 3 is 2.67 bits per heavy atom. The molecule has 1 aliphatic carbocycles. The second-order valence-corrected chi connectivity index (χ2v) is 4.28. The highest BCUT2D eigenvalue weighted by atomic mass is 16.3. The van der Waals surface area contributed by atoms with Gasteiger partial charge in [-0.1, -0.05) is 25.5 Å². The van der Waals surface area contributed by atoms with Crippen molar-refractivity contribution in [3.8, 4) is 6.07 Å². The fourth-order valence-corrected chi connectivity index (χ4v) is 1.99. The van der Waals surface area contributed by atoms with Gasteiger partial charge in [0.1, 0.15) is 0 Å². The summed E-state index contributed by atoms with van der Waals surface area (Å²) in [5.41, 5.74) is 1.09. The second-order valence-electron chi connectivity index (χ2n) is 4.28. The molecule has 0 aromatic heterocycles. The number of allylic oxidation sites excluding steroid dienone is 1. The van der Waals surface area contributed by atoms with Gasteiger partial charge in [-0.25, -0.2) is 0 Å². The molecular formula is C10H15NO. The lowest BCUT2D eigenvalue weighted by Gasteiger charge is -2.36. The number of nitrogens with zero attached hydrogens (tertiary/aromatic N) is 1. The van der Waals surface area contributed by atoms with E-state index in [2.05, 4.69) is 6.07 Å². The molecule has 2 nitrogen and oxygen atoms in total. The first-order chi connectivity index (χ1) is 5.47. The average molecular weight is 165 g/mol. The van der Waals surface area contributed by atoms with Crippen molar-refractivity contribution in [2.45, 2.75) is 33.3 Å². The largest absolute Gasteiger partial charge is 0.388 e. The smallest absolute Gasteiger partial charge is 0.0886 e. The van der Waals surface area contributed by atoms with Crippen LogP contribution >= 0.6 is 0 Å². The van der Waals surface area contributed by atoms with E-state index in [1.807, 2.05) is 20.8 Å². The molecule has 0 spiro atoms. The van der Waals surface area contributed by atoms with Crippen LogP contribution in [0.5, 0.6) is 0 Å². The lowest BCUT2D eigenvalue weighted by atomic mass is 9.69. The Bertz CT molecular complexity index is 247. The third-order valence-electron chi connectivity index (χ3n) is 2.51. The molecule has 0 amide bonds. The van der Waals surface area contributed by atoms with Gasteiger partial charge in [-0.05, 0) is 18.8 Å². The first-order valence-corrected chi connectivity index (χ1v) is 4.22. The Morgan fingerprint density at radius 1 is 1.67 bits per heavy atom. The minimum atomic E-state index is -0.584. The standard InChI is InChI=1S/C10H15NO/c1-7-4-9(12)8(6-11)10(2,3)5-7/h4,8-9,12H,5H2,1-3H3. The van der Waals surface area contributed by atoms with Crippen LogP contribution < -0.4 is 0 Å². The maximum Gasteiger partial charge on any atom is 0.0886 e. The van der Waals surface area contributed by atoms with Crippen LogP contribution in [0, 0.1) is 22.7 Å². The molecule has 0 saturated heterocycles. The van der Waals surface area contributed by atoms with Crippen LogP contribution in [0.15, 0.2) is 11.6 Å². The van der Waals surface area contributed by atoms with Crippen molar-refractivity contribution in [1.29, 1.82) is 5.26 Å². The number of nitriles is 1. The third kappa shape index (κ3) is 1.51. The van der Waals surface area contributed by atoms with Gasteiger partial charge < -0.3 is 5.11 Å². The molecular weight excluding hydrogens is 150 g/mol. The predicted molar refractivity (Wildman–Crippen MR) is 47.3 cm³/mol. The molecule has 0 bridgehead atoms. The molecule has 2 atom stereocenters. The van der Waals surface area contributed by atoms with Gasteiger partial charge in [-0.15, -0.1) is 0 Å². The molecule has 0 aromatic rings. The summed E-state index contributed by atoms with van der Waals surface area (Å²) in [6.45, 7) is 6.06. The Balaban J connectivity index is 2.96. The van der Waals surface area contributed by atoms with Crippen molar-refractivity contribution >= 4 is 0 Å². The van der Waals surface area contributed by atoms with Gasteiger partial charge in [-0.3, -0.25) is 0 Å². The van der Waals surface area contributed by atoms with Crippen LogP contribution in [-0.2, 0) is 0 Å². The summed E-state index contributed by atoms with van der Waals surface area (Å²) in [5, 5.41) is 18.4. The molecule has 0 fully saturated rings. The maximum absolute atomic E-state index is 9.58. The van der Waals surface area contributed by atoms with Gasteiger partial charge in [0.05, 0.1) is 18.1 Å². The lowest BCUT2D eigenvalue weighted by Crippen LogP contribution is -2.35. The van der Waals surface area contributed by atoms with Crippen molar-refractivity contribution < 1.29 is 5.11 Å². The van der Waals surface area contributed by atoms with Gasteiger partial charge in [-0.2, -0.15) is 5.26 Å². The molecule has 2 heteroatoms. The topological polar surface area (TPSA) is 44.0 Å². The molecule has 0 radical (unpaired) electrons. The van der Waals surface area contributed by atoms with Crippen molar-refractivity contribution in [2.24, 2.45) is 11.3 Å². The Hall–Kier alpha value is -0.810. The van der Waals surface area contributed by atoms with Gasteiger partial charge in [0, 0.05) is 0 Å². The van der Waals surface area contributed by atoms with E-state index in [0.29, 0.717) is 0 Å². The molecule has 0 aromatic carbocycles. The van der Waals surface area contributed by atoms with E-state index in [4.69, 9.17) is 5.26 Å². The average Bonchev–Trinajstić information content (AvgIpc) is 1.82. The van der Waals surface area contributed by atoms with Crippen molar-refractivity contribution in [3.63, 3.8) is 0 Å². The van der Waals surface area contributed by atoms with E-state index in [0.717, 1.165) is 6.42 Å². The molecule has 12 heavy (non-hydrogen) atoms. The minimum absolute atomic E-state index is 0.0903. The molecule has 2 unspecified atom stereocenters. The molecule has 1 rings (SSSR count). The quantitative estimate of drug-likeness (QED) is 0.557. The first kappa shape index (κ1) is 9.28. The summed E-state index contributed by atoms with van der Waals surface area (Å²) in [6, 6.07) is 2.17. The summed E-state index contributed by atoms with van der Waals surface area (Å²) < 4.78 is 0. The minimum Gasteiger partial charge on any atom is -0.388 e. The van der Waals surface area contributed by atoms with E-state index in [-0.39, 0.29) is 11.3 Å². The van der Waals surface area contributed by atoms with Crippen molar-refractivity contribution in [3.05, 3.63) is 11.6 Å². The van der Waals surface area contributed by atoms with E-state index in [9.17, 15) is 5.11 Å². The van der Waals surface area contributed by atoms with Crippen LogP contribution in [0.25, 0.3) is 0 Å². The predicted octanol–water partition coefficient (Wildman–Crippen LogP) is 1.86. The SMILES string of the molecule is CC1=CC(O)C(C#N)C(C)(C)C1. The van der Waals surface area contributed by atoms with Gasteiger partial charge in [0.2, 0.25) is 0 Å². The first-order valence-electron chi connectivity index (χ1n) is 4.22. The number of hydrogen-bond donors (Lipinski definition) is 1. The third-order valence-corrected chi connectivity index (χ3v) is 2.51. The van der Waals surface area contributed by atoms with Crippen LogP contribution in [0.3, 0.4) is 0 Å². The lowest BCUT2D eigenvalue weighted by molar-refractivity contribution is 0.0896. The molecule has 1 aliphatic rings. The van der Waals surface area contributed by atoms with Crippen molar-refractivity contribution in [2.75, 3.05) is 0 Å². The van der Waals surface area contributed by atoms with Crippen molar-refractivity contribution in [1.82, 2.24) is 0 Å². The Labute approximate surface area is 73.5 Å². The summed E-state index contributed by atoms with van der Waals surface area (Å²) in [6.07, 6.45) is 2.11. The zero-order valence-corrected chi connectivity index (χ0v) is 7.83. The van der Waals surface area contributed by atoms with Crippen LogP contribution in [0.1, 0.15) is 27.2 Å². The summed E-state index contributed by atoms with van der Waals surface area (Å²) in [5.74, 6) is -0.263. The highest BCUT2D eigenvalue weighted by Crippen LogP contribution is 2.39. The highest BCUT2D eigenvalue weighted by Gasteiger charge is 2.37. The molecule has 0 aliphatic heterocycles. The number of aliphatic hydroxyl groups excluding tert-OH is 1. The fraction of sp³-hybridized carbons (Fsp3) is 0.700. The van der Waals surface area contributed by atoms with E-state index in [1.54, 1.807) is 6.08 Å². The maximum atomic E-state index is 9.58. The Kier molecular flexibility index (Phi) is 2.25. The number of aliphatic hydroxyl groups is 1. The summed E-state index contributed by atoms with van der Waals surface area (Å²) in [4.78, 5) is 0. The van der Waals surface area contributed by atoms with Gasteiger partial charge in [0.15, 0.2) is 0 Å². The summed E-state index contributed by atoms with van der Waals surface area (Å²) >= 11 is 0. The highest BCUT2D eigenvalue weighted by molar-refractivity contribution is 5.17. The molecule has 0 heterocycles. The monoisotopic (exact) mass is 165 g/mol. The van der Waals surface area contributed by atoms with Crippen LogP contribution in [-0.4, -0.2) is 11.2 Å². The number of hydrogen-bond acceptors (Lipinski definition) is 2. The number of rotatable bonds is 0. The molecule has 66 valence electrons. The van der Waals surface area contributed by atoms with E-state index in [1.165, 1.54) is 5.57 Å². The zero-order valence-electron chi connectivity index (χ0n) is 7.83. The zero-order chi connectivity index (χ0) is 9.35. The molecule has 0 saturated carbocycles. The van der Waals surface area contributed by atoms with Gasteiger partial charge in [0.25, 0.3) is 0 Å². The van der Waals surface area contributed by atoms with E-state index >= 15 is 0 Å². The van der Waals surface area contributed by atoms with Crippen LogP contribution in [0.4, 0.5) is 0 Å². The fourth-order valence-electron chi connectivity index (χ4n) is 1.99. The van der Waals surface area contributed by atoms with Gasteiger partial charge >= 0.3 is 0 Å². The second kappa shape index (κ2) is 2.91. The van der Waals surface area contributed by atoms with E-state index < -0.39 is 6.10 Å². The molecule has 1 N–H and O–H groups in total. The summed E-state index contributed by atoms with van der Waals surface area (Å²) in [7, 11) is 0.